The first-order chi connectivity index (χ1) is 23.6. The number of unbranched alkanes of at least 4 members (excludes halogenated alkanes) is 1. The second-order valence-corrected chi connectivity index (χ2v) is 14.3. The van der Waals surface area contributed by atoms with E-state index in [4.69, 9.17) is 29.0 Å². The molecule has 0 radical (unpaired) electrons. The lowest BCUT2D eigenvalue weighted by molar-refractivity contribution is -0.130. The highest BCUT2D eigenvalue weighted by Gasteiger charge is 2.31. The van der Waals surface area contributed by atoms with Crippen molar-refractivity contribution in [3.8, 4) is 0 Å². The molecule has 1 aliphatic carbocycles. The number of thiocarbonyl (C=S) groups is 1. The average Bonchev–Trinajstić information content (AvgIpc) is 3.67. The highest BCUT2D eigenvalue weighted by atomic mass is 32.2. The number of amides is 2. The number of hydrogen-bond donors (Lipinski definition) is 7. The van der Waals surface area contributed by atoms with Crippen molar-refractivity contribution < 1.29 is 26.9 Å². The molecule has 2 atom stereocenters. The van der Waals surface area contributed by atoms with Gasteiger partial charge in [-0.2, -0.15) is 9.71 Å². The highest BCUT2D eigenvalue weighted by molar-refractivity contribution is 7.89. The third-order valence-corrected chi connectivity index (χ3v) is 10.2. The maximum atomic E-state index is 13.9. The number of benzene rings is 2. The summed E-state index contributed by atoms with van der Waals surface area (Å²) < 4.78 is 47.9. The number of fused-ring (bicyclic) bond motifs is 1. The first-order valence-electron chi connectivity index (χ1n) is 16.1. The van der Waals surface area contributed by atoms with Crippen LogP contribution in [0.3, 0.4) is 0 Å². The summed E-state index contributed by atoms with van der Waals surface area (Å²) in [5.74, 6) is -1.14. The predicted octanol–water partition coefficient (Wildman–Crippen LogP) is 3.27. The second-order valence-electron chi connectivity index (χ2n) is 11.8. The number of nitrogens with one attached hydrogen (secondary N) is 7. The molecule has 1 aliphatic rings. The molecule has 0 bridgehead atoms. The lowest BCUT2D eigenvalue weighted by Gasteiger charge is -2.29. The molecule has 0 aliphatic heterocycles. The Labute approximate surface area is 293 Å². The van der Waals surface area contributed by atoms with Crippen molar-refractivity contribution in [2.75, 3.05) is 13.1 Å². The molecule has 0 saturated heterocycles. The van der Waals surface area contributed by atoms with E-state index in [1.54, 1.807) is 6.20 Å². The van der Waals surface area contributed by atoms with Crippen LogP contribution in [-0.2, 0) is 32.5 Å². The zero-order valence-electron chi connectivity index (χ0n) is 26.6. The number of aromatic amines is 2. The summed E-state index contributed by atoms with van der Waals surface area (Å²) in [6, 6.07) is 10.0. The van der Waals surface area contributed by atoms with Gasteiger partial charge in [0.1, 0.15) is 23.7 Å². The zero-order chi connectivity index (χ0) is 34.8. The van der Waals surface area contributed by atoms with Crippen molar-refractivity contribution in [2.24, 2.45) is 0 Å². The molecule has 2 amide bonds. The van der Waals surface area contributed by atoms with Crippen LogP contribution in [-0.4, -0.2) is 71.7 Å². The summed E-state index contributed by atoms with van der Waals surface area (Å²) in [5.41, 5.74) is 1.73. The lowest BCUT2D eigenvalue weighted by Crippen LogP contribution is -2.56. The second kappa shape index (κ2) is 17.0. The van der Waals surface area contributed by atoms with Crippen LogP contribution < -0.4 is 26.0 Å². The molecule has 2 aromatic heterocycles. The fraction of sp³-hybridized carbons (Fsp3) is 0.406. The van der Waals surface area contributed by atoms with E-state index < -0.39 is 33.8 Å². The van der Waals surface area contributed by atoms with Gasteiger partial charge < -0.3 is 30.8 Å². The summed E-state index contributed by atoms with van der Waals surface area (Å²) >= 11 is 10.2. The normalized spacial score (nSPS) is 14.5. The summed E-state index contributed by atoms with van der Waals surface area (Å²) in [6.45, 7) is 0.942. The third kappa shape index (κ3) is 10.4. The molecule has 0 unspecified atom stereocenters. The van der Waals surface area contributed by atoms with Gasteiger partial charge in [0.15, 0.2) is 5.11 Å². The van der Waals surface area contributed by atoms with Gasteiger partial charge in [-0.15, -0.1) is 0 Å². The Bertz CT molecular complexity index is 1920. The van der Waals surface area contributed by atoms with Gasteiger partial charge >= 0.3 is 4.84 Å². The smallest absolute Gasteiger partial charge is 0.314 e. The predicted molar refractivity (Wildman–Crippen MR) is 188 cm³/mol. The molecule has 262 valence electrons. The van der Waals surface area contributed by atoms with Crippen LogP contribution >= 0.6 is 24.4 Å². The number of para-hydroxylation sites is 1. The molecule has 4 aromatic rings. The molecule has 7 N–H and O–H groups in total. The Morgan fingerprint density at radius 3 is 2.57 bits per heavy atom. The fourth-order valence-corrected chi connectivity index (χ4v) is 7.00. The number of aromatic nitrogens is 3. The minimum Gasteiger partial charge on any atom is -0.363 e. The van der Waals surface area contributed by atoms with E-state index in [1.807, 2.05) is 24.3 Å². The molecule has 5 rings (SSSR count). The SMILES string of the molecule is O=C(NC1CCC1)[C@H](Cc1c[nH]c2ccccc12)NC(=O)[C@H](CCCCNC(=S)NCCc1nc(=S)o[nH]1)NS(=O)(=O)c1cccc(F)c1. The summed E-state index contributed by atoms with van der Waals surface area (Å²) in [4.78, 5) is 34.3. The van der Waals surface area contributed by atoms with Crippen molar-refractivity contribution in [1.82, 2.24) is 41.1 Å². The van der Waals surface area contributed by atoms with E-state index in [0.717, 1.165) is 47.9 Å². The number of halogens is 1. The van der Waals surface area contributed by atoms with Gasteiger partial charge in [-0.3, -0.25) is 9.59 Å². The van der Waals surface area contributed by atoms with Gasteiger partial charge in [0, 0.05) is 49.1 Å². The Morgan fingerprint density at radius 1 is 1.04 bits per heavy atom. The van der Waals surface area contributed by atoms with Crippen molar-refractivity contribution in [3.05, 3.63) is 76.8 Å². The van der Waals surface area contributed by atoms with Crippen LogP contribution in [0, 0.1) is 10.7 Å². The quantitative estimate of drug-likeness (QED) is 0.0628. The molecular formula is C32H39FN8O5S3. The number of sulfonamides is 1. The van der Waals surface area contributed by atoms with Gasteiger partial charge in [0.2, 0.25) is 21.8 Å². The van der Waals surface area contributed by atoms with E-state index in [9.17, 15) is 22.4 Å². The molecule has 0 spiro atoms. The average molecular weight is 731 g/mol. The van der Waals surface area contributed by atoms with E-state index in [2.05, 4.69) is 41.1 Å². The van der Waals surface area contributed by atoms with E-state index in [0.29, 0.717) is 43.3 Å². The van der Waals surface area contributed by atoms with Gasteiger partial charge in [-0.05, 0) is 92.8 Å². The summed E-state index contributed by atoms with van der Waals surface area (Å²) in [5, 5.41) is 15.9. The standard InChI is InChI=1S/C32H39FN8O5S3/c33-21-7-5-10-23(18-21)49(44,45)41-26(13-3-4-15-34-31(47)35-16-14-28-39-32(48)46-40-28)29(42)38-27(30(43)37-22-8-6-9-22)17-20-19-36-25-12-2-1-11-24(20)25/h1-2,5,7,10-12,18-19,22,26-27,36,41H,3-4,6,8-9,13-17H2,(H,37,43)(H,38,42)(H2,34,35,47)(H,39,40,48)/t26-,27-/m0/s1. The molecular weight excluding hydrogens is 692 g/mol. The van der Waals surface area contributed by atoms with Crippen LogP contribution in [0.5, 0.6) is 0 Å². The molecule has 2 aromatic carbocycles. The summed E-state index contributed by atoms with van der Waals surface area (Å²) in [6.07, 6.45) is 6.33. The fourth-order valence-electron chi connectivity index (χ4n) is 5.39. The number of H-pyrrole nitrogens is 2. The maximum Gasteiger partial charge on any atom is 0.314 e. The molecule has 2 heterocycles. The molecule has 49 heavy (non-hydrogen) atoms. The monoisotopic (exact) mass is 730 g/mol. The van der Waals surface area contributed by atoms with E-state index in [-0.39, 0.29) is 34.5 Å². The van der Waals surface area contributed by atoms with Crippen LogP contribution in [0.15, 0.2) is 64.1 Å². The zero-order valence-corrected chi connectivity index (χ0v) is 29.0. The third-order valence-electron chi connectivity index (χ3n) is 8.24. The Hall–Kier alpha value is -4.19. The van der Waals surface area contributed by atoms with Crippen molar-refractivity contribution in [2.45, 2.75) is 74.4 Å². The van der Waals surface area contributed by atoms with E-state index in [1.165, 1.54) is 12.1 Å². The number of hydrogen-bond acceptors (Lipinski definition) is 8. The largest absolute Gasteiger partial charge is 0.363 e. The lowest BCUT2D eigenvalue weighted by atomic mass is 9.92. The summed E-state index contributed by atoms with van der Waals surface area (Å²) in [7, 11) is -4.29. The molecule has 1 fully saturated rings. The Kier molecular flexibility index (Phi) is 12.5. The van der Waals surface area contributed by atoms with Crippen LogP contribution in [0.2, 0.25) is 0 Å². The molecule has 13 nitrogen and oxygen atoms in total. The Balaban J connectivity index is 1.23. The number of carbonyl (C=O) groups excluding carboxylic acids is 2. The first kappa shape index (κ1) is 36.1. The van der Waals surface area contributed by atoms with Crippen LogP contribution in [0.4, 0.5) is 4.39 Å². The van der Waals surface area contributed by atoms with Crippen LogP contribution in [0.25, 0.3) is 10.9 Å². The van der Waals surface area contributed by atoms with Crippen molar-refractivity contribution >= 4 is 62.3 Å². The highest BCUT2D eigenvalue weighted by Crippen LogP contribution is 2.21. The van der Waals surface area contributed by atoms with Crippen molar-refractivity contribution in [1.29, 1.82) is 0 Å². The van der Waals surface area contributed by atoms with Crippen LogP contribution in [0.1, 0.15) is 49.9 Å². The minimum absolute atomic E-state index is 0.0329. The van der Waals surface area contributed by atoms with Gasteiger partial charge in [-0.25, -0.2) is 18.0 Å². The van der Waals surface area contributed by atoms with Crippen molar-refractivity contribution in [3.63, 3.8) is 0 Å². The maximum absolute atomic E-state index is 13.9. The van der Waals surface area contributed by atoms with Gasteiger partial charge in [0.25, 0.3) is 0 Å². The Morgan fingerprint density at radius 2 is 1.84 bits per heavy atom. The van der Waals surface area contributed by atoms with Gasteiger partial charge in [-0.1, -0.05) is 24.3 Å². The molecule has 1 saturated carbocycles. The number of nitrogens with zero attached hydrogens (tertiary/aromatic N) is 1. The first-order valence-corrected chi connectivity index (χ1v) is 18.4. The van der Waals surface area contributed by atoms with Gasteiger partial charge in [0.05, 0.1) is 4.90 Å². The number of rotatable bonds is 17. The van der Waals surface area contributed by atoms with E-state index >= 15 is 0 Å². The minimum atomic E-state index is -4.29. The molecule has 17 heteroatoms. The topological polar surface area (TPSA) is 186 Å². The number of carbonyl (C=O) groups is 2.